The lowest BCUT2D eigenvalue weighted by Crippen LogP contribution is -2.25. The Balaban J connectivity index is 1.90. The van der Waals surface area contributed by atoms with E-state index in [0.29, 0.717) is 18.7 Å². The van der Waals surface area contributed by atoms with Crippen molar-refractivity contribution in [2.75, 3.05) is 0 Å². The topological polar surface area (TPSA) is 57.6 Å². The number of carbonyl (C=O) groups is 2. The highest BCUT2D eigenvalue weighted by molar-refractivity contribution is 5.95. The third kappa shape index (κ3) is 2.05. The number of benzene rings is 2. The summed E-state index contributed by atoms with van der Waals surface area (Å²) in [5.74, 6) is -1.02. The minimum Gasteiger partial charge on any atom is -0.478 e. The lowest BCUT2D eigenvalue weighted by Gasteiger charge is -2.15. The highest BCUT2D eigenvalue weighted by atomic mass is 16.4. The van der Waals surface area contributed by atoms with Gasteiger partial charge in [0, 0.05) is 18.7 Å². The van der Waals surface area contributed by atoms with Gasteiger partial charge >= 0.3 is 5.97 Å². The van der Waals surface area contributed by atoms with Gasteiger partial charge in [-0.3, -0.25) is 4.79 Å². The van der Waals surface area contributed by atoms with Crippen molar-refractivity contribution in [3.63, 3.8) is 0 Å². The molecule has 1 heterocycles. The molecule has 1 aliphatic heterocycles. The number of fused-ring (bicyclic) bond motifs is 1. The number of carboxylic acid groups (broad SMARTS) is 1. The van der Waals surface area contributed by atoms with Crippen molar-refractivity contribution in [3.8, 4) is 0 Å². The third-order valence-electron chi connectivity index (χ3n) is 3.52. The molecule has 100 valence electrons. The van der Waals surface area contributed by atoms with Crippen LogP contribution in [0.15, 0.2) is 48.5 Å². The molecule has 0 radical (unpaired) electrons. The Morgan fingerprint density at radius 3 is 2.40 bits per heavy atom. The summed E-state index contributed by atoms with van der Waals surface area (Å²) in [6, 6.07) is 14.2. The molecule has 1 aliphatic rings. The molecule has 0 bridgehead atoms. The first-order chi connectivity index (χ1) is 9.66. The highest BCUT2D eigenvalue weighted by Crippen LogP contribution is 2.27. The van der Waals surface area contributed by atoms with Crippen LogP contribution in [0.25, 0.3) is 0 Å². The molecule has 1 amide bonds. The van der Waals surface area contributed by atoms with Crippen molar-refractivity contribution >= 4 is 11.9 Å². The quantitative estimate of drug-likeness (QED) is 0.909. The molecule has 4 nitrogen and oxygen atoms in total. The number of amides is 1. The SMILES string of the molecule is O=C(O)c1cccc2c1CN(C(=O)c1ccccc1)C2. The van der Waals surface area contributed by atoms with Gasteiger partial charge < -0.3 is 10.0 Å². The lowest BCUT2D eigenvalue weighted by molar-refractivity contribution is 0.0688. The fourth-order valence-electron chi connectivity index (χ4n) is 2.53. The molecule has 4 heteroatoms. The highest BCUT2D eigenvalue weighted by Gasteiger charge is 2.27. The first-order valence-electron chi connectivity index (χ1n) is 6.35. The molecule has 0 atom stereocenters. The van der Waals surface area contributed by atoms with Crippen LogP contribution in [0.4, 0.5) is 0 Å². The fraction of sp³-hybridized carbons (Fsp3) is 0.125. The van der Waals surface area contributed by atoms with Gasteiger partial charge in [0.05, 0.1) is 5.56 Å². The van der Waals surface area contributed by atoms with Gasteiger partial charge in [-0.25, -0.2) is 4.79 Å². The summed E-state index contributed by atoms with van der Waals surface area (Å²) < 4.78 is 0. The zero-order chi connectivity index (χ0) is 14.1. The maximum Gasteiger partial charge on any atom is 0.336 e. The molecular formula is C16H13NO3. The lowest BCUT2D eigenvalue weighted by atomic mass is 10.0. The Labute approximate surface area is 116 Å². The minimum atomic E-state index is -0.948. The summed E-state index contributed by atoms with van der Waals surface area (Å²) in [5.41, 5.74) is 2.56. The van der Waals surface area contributed by atoms with E-state index in [1.54, 1.807) is 29.2 Å². The summed E-state index contributed by atoms with van der Waals surface area (Å²) in [6.07, 6.45) is 0. The van der Waals surface area contributed by atoms with Crippen LogP contribution in [0, 0.1) is 0 Å². The van der Waals surface area contributed by atoms with Gasteiger partial charge in [-0.2, -0.15) is 0 Å². The Hall–Kier alpha value is -2.62. The molecule has 1 N–H and O–H groups in total. The van der Waals surface area contributed by atoms with E-state index in [9.17, 15) is 14.7 Å². The van der Waals surface area contributed by atoms with E-state index in [1.807, 2.05) is 24.3 Å². The predicted octanol–water partition coefficient (Wildman–Crippen LogP) is 2.54. The normalized spacial score (nSPS) is 13.1. The molecule has 2 aromatic carbocycles. The number of aromatic carboxylic acids is 1. The molecule has 0 saturated heterocycles. The number of carbonyl (C=O) groups excluding carboxylic acids is 1. The Morgan fingerprint density at radius 2 is 1.70 bits per heavy atom. The molecule has 3 rings (SSSR count). The van der Waals surface area contributed by atoms with E-state index in [4.69, 9.17) is 0 Å². The van der Waals surface area contributed by atoms with E-state index in [2.05, 4.69) is 0 Å². The standard InChI is InChI=1S/C16H13NO3/c18-15(11-5-2-1-3-6-11)17-9-12-7-4-8-13(16(19)20)14(12)10-17/h1-8H,9-10H2,(H,19,20). The maximum atomic E-state index is 12.4. The molecule has 2 aromatic rings. The zero-order valence-corrected chi connectivity index (χ0v) is 10.7. The number of carboxylic acids is 1. The predicted molar refractivity (Wildman–Crippen MR) is 73.4 cm³/mol. The van der Waals surface area contributed by atoms with Crippen LogP contribution in [0.5, 0.6) is 0 Å². The summed E-state index contributed by atoms with van der Waals surface area (Å²) in [5, 5.41) is 9.19. The van der Waals surface area contributed by atoms with E-state index >= 15 is 0 Å². The van der Waals surface area contributed by atoms with Crippen LogP contribution in [-0.2, 0) is 13.1 Å². The molecule has 0 saturated carbocycles. The van der Waals surface area contributed by atoms with Crippen LogP contribution in [0.2, 0.25) is 0 Å². The van der Waals surface area contributed by atoms with Gasteiger partial charge in [-0.1, -0.05) is 30.3 Å². The summed E-state index contributed by atoms with van der Waals surface area (Å²) in [4.78, 5) is 25.3. The number of hydrogen-bond acceptors (Lipinski definition) is 2. The van der Waals surface area contributed by atoms with Crippen molar-refractivity contribution in [1.29, 1.82) is 0 Å². The third-order valence-corrected chi connectivity index (χ3v) is 3.52. The average Bonchev–Trinajstić information content (AvgIpc) is 2.90. The first kappa shape index (κ1) is 12.4. The van der Waals surface area contributed by atoms with E-state index in [-0.39, 0.29) is 11.5 Å². The smallest absolute Gasteiger partial charge is 0.336 e. The zero-order valence-electron chi connectivity index (χ0n) is 10.7. The van der Waals surface area contributed by atoms with Crippen LogP contribution in [0.1, 0.15) is 31.8 Å². The van der Waals surface area contributed by atoms with E-state index in [1.165, 1.54) is 0 Å². The monoisotopic (exact) mass is 267 g/mol. The van der Waals surface area contributed by atoms with Crippen molar-refractivity contribution in [1.82, 2.24) is 4.90 Å². The molecule has 0 fully saturated rings. The summed E-state index contributed by atoms with van der Waals surface area (Å²) >= 11 is 0. The molecule has 0 aromatic heterocycles. The minimum absolute atomic E-state index is 0.0712. The average molecular weight is 267 g/mol. The summed E-state index contributed by atoms with van der Waals surface area (Å²) in [6.45, 7) is 0.815. The molecule has 0 aliphatic carbocycles. The van der Waals surface area contributed by atoms with Crippen molar-refractivity contribution in [3.05, 3.63) is 70.8 Å². The molecule has 0 spiro atoms. The van der Waals surface area contributed by atoms with E-state index < -0.39 is 5.97 Å². The summed E-state index contributed by atoms with van der Waals surface area (Å²) in [7, 11) is 0. The second kappa shape index (κ2) is 4.81. The Morgan fingerprint density at radius 1 is 0.950 bits per heavy atom. The molecular weight excluding hydrogens is 254 g/mol. The number of nitrogens with zero attached hydrogens (tertiary/aromatic N) is 1. The van der Waals surface area contributed by atoms with Gasteiger partial charge in [-0.05, 0) is 29.3 Å². The second-order valence-electron chi connectivity index (χ2n) is 4.78. The van der Waals surface area contributed by atoms with Crippen molar-refractivity contribution < 1.29 is 14.7 Å². The fourth-order valence-corrected chi connectivity index (χ4v) is 2.53. The van der Waals surface area contributed by atoms with Gasteiger partial charge in [0.1, 0.15) is 0 Å². The van der Waals surface area contributed by atoms with Crippen LogP contribution in [-0.4, -0.2) is 21.9 Å². The van der Waals surface area contributed by atoms with E-state index in [0.717, 1.165) is 11.1 Å². The largest absolute Gasteiger partial charge is 0.478 e. The van der Waals surface area contributed by atoms with Gasteiger partial charge in [0.15, 0.2) is 0 Å². The Kier molecular flexibility index (Phi) is 2.99. The first-order valence-corrected chi connectivity index (χ1v) is 6.35. The molecule has 20 heavy (non-hydrogen) atoms. The Bertz CT molecular complexity index is 679. The van der Waals surface area contributed by atoms with Crippen LogP contribution >= 0.6 is 0 Å². The maximum absolute atomic E-state index is 12.4. The van der Waals surface area contributed by atoms with Gasteiger partial charge in [-0.15, -0.1) is 0 Å². The van der Waals surface area contributed by atoms with Crippen LogP contribution < -0.4 is 0 Å². The number of hydrogen-bond donors (Lipinski definition) is 1. The number of rotatable bonds is 2. The van der Waals surface area contributed by atoms with Crippen molar-refractivity contribution in [2.45, 2.75) is 13.1 Å². The second-order valence-corrected chi connectivity index (χ2v) is 4.78. The van der Waals surface area contributed by atoms with Crippen LogP contribution in [0.3, 0.4) is 0 Å². The molecule has 0 unspecified atom stereocenters. The van der Waals surface area contributed by atoms with Gasteiger partial charge in [0.25, 0.3) is 5.91 Å². The van der Waals surface area contributed by atoms with Crippen molar-refractivity contribution in [2.24, 2.45) is 0 Å². The van der Waals surface area contributed by atoms with Gasteiger partial charge in [0.2, 0.25) is 0 Å².